The van der Waals surface area contributed by atoms with Gasteiger partial charge in [0.15, 0.2) is 0 Å². The molecule has 0 radical (unpaired) electrons. The number of carbonyl (C=O) groups excluding carboxylic acids is 1. The first kappa shape index (κ1) is 16.5. The molecule has 3 rings (SSSR count). The fourth-order valence-electron chi connectivity index (χ4n) is 3.00. The molecule has 1 aromatic carbocycles. The Morgan fingerprint density at radius 3 is 2.42 bits per heavy atom. The molecule has 1 fully saturated rings. The molecular weight excluding hydrogens is 302 g/mol. The fourth-order valence-corrected chi connectivity index (χ4v) is 3.00. The second-order valence-corrected chi connectivity index (χ2v) is 6.33. The molecule has 5 heteroatoms. The van der Waals surface area contributed by atoms with Gasteiger partial charge in [-0.05, 0) is 48.7 Å². The summed E-state index contributed by atoms with van der Waals surface area (Å²) in [6.07, 6.45) is 3.61. The van der Waals surface area contributed by atoms with E-state index in [1.54, 1.807) is 18.5 Å². The van der Waals surface area contributed by atoms with Gasteiger partial charge >= 0.3 is 0 Å². The van der Waals surface area contributed by atoms with E-state index in [2.05, 4.69) is 9.88 Å². The number of carbonyl (C=O) groups is 1. The van der Waals surface area contributed by atoms with Crippen molar-refractivity contribution in [3.63, 3.8) is 0 Å². The summed E-state index contributed by atoms with van der Waals surface area (Å²) in [6, 6.07) is 7.65. The number of piperazine rings is 1. The lowest BCUT2D eigenvalue weighted by molar-refractivity contribution is 0.0625. The number of phenols is 1. The molecule has 0 saturated carbocycles. The maximum Gasteiger partial charge on any atom is 0.257 e. The Labute approximate surface area is 142 Å². The molecule has 2 aromatic rings. The number of hydrogen-bond acceptors (Lipinski definition) is 4. The lowest BCUT2D eigenvalue weighted by atomic mass is 10.0. The van der Waals surface area contributed by atoms with Crippen molar-refractivity contribution in [2.75, 3.05) is 26.2 Å². The first-order valence-corrected chi connectivity index (χ1v) is 8.26. The molecule has 5 nitrogen and oxygen atoms in total. The van der Waals surface area contributed by atoms with Crippen LogP contribution in [0.1, 0.15) is 27.0 Å². The van der Waals surface area contributed by atoms with E-state index in [0.29, 0.717) is 18.7 Å². The lowest BCUT2D eigenvalue weighted by Gasteiger charge is -2.35. The third-order valence-corrected chi connectivity index (χ3v) is 4.75. The van der Waals surface area contributed by atoms with Crippen LogP contribution in [-0.2, 0) is 6.54 Å². The maximum absolute atomic E-state index is 12.7. The average molecular weight is 325 g/mol. The van der Waals surface area contributed by atoms with Gasteiger partial charge in [-0.25, -0.2) is 0 Å². The summed E-state index contributed by atoms with van der Waals surface area (Å²) < 4.78 is 0. The fraction of sp³-hybridized carbons (Fsp3) is 0.368. The number of hydrogen-bond donors (Lipinski definition) is 1. The van der Waals surface area contributed by atoms with Crippen LogP contribution in [0.2, 0.25) is 0 Å². The Balaban J connectivity index is 1.62. The largest absolute Gasteiger partial charge is 0.507 e. The van der Waals surface area contributed by atoms with Crippen LogP contribution in [-0.4, -0.2) is 52.0 Å². The third kappa shape index (κ3) is 3.41. The SMILES string of the molecule is Cc1ccc(C(=O)N2CCN(Cc3ccncc3)CC2)c(O)c1C. The Hall–Kier alpha value is -2.40. The summed E-state index contributed by atoms with van der Waals surface area (Å²) in [6.45, 7) is 7.67. The number of benzene rings is 1. The van der Waals surface area contributed by atoms with Crippen LogP contribution >= 0.6 is 0 Å². The van der Waals surface area contributed by atoms with Crippen molar-refractivity contribution in [1.29, 1.82) is 0 Å². The summed E-state index contributed by atoms with van der Waals surface area (Å²) in [5.41, 5.74) is 3.40. The molecule has 1 aliphatic heterocycles. The monoisotopic (exact) mass is 325 g/mol. The number of nitrogens with zero attached hydrogens (tertiary/aromatic N) is 3. The van der Waals surface area contributed by atoms with Crippen LogP contribution in [0.25, 0.3) is 0 Å². The minimum absolute atomic E-state index is 0.0841. The first-order chi connectivity index (χ1) is 11.6. The zero-order valence-corrected chi connectivity index (χ0v) is 14.2. The minimum atomic E-state index is -0.0841. The lowest BCUT2D eigenvalue weighted by Crippen LogP contribution is -2.48. The molecule has 1 amide bonds. The molecule has 1 aliphatic rings. The minimum Gasteiger partial charge on any atom is -0.507 e. The first-order valence-electron chi connectivity index (χ1n) is 8.26. The van der Waals surface area contributed by atoms with Gasteiger partial charge in [0.1, 0.15) is 5.75 Å². The van der Waals surface area contributed by atoms with Crippen molar-refractivity contribution in [3.05, 3.63) is 58.9 Å². The van der Waals surface area contributed by atoms with E-state index in [-0.39, 0.29) is 11.7 Å². The number of aryl methyl sites for hydroxylation is 1. The van der Waals surface area contributed by atoms with Crippen LogP contribution in [0.5, 0.6) is 5.75 Å². The molecule has 126 valence electrons. The Morgan fingerprint density at radius 1 is 1.08 bits per heavy atom. The van der Waals surface area contributed by atoms with E-state index in [4.69, 9.17) is 0 Å². The van der Waals surface area contributed by atoms with Crippen LogP contribution < -0.4 is 0 Å². The molecule has 0 bridgehead atoms. The predicted octanol–water partition coefficient (Wildman–Crippen LogP) is 2.36. The van der Waals surface area contributed by atoms with E-state index in [9.17, 15) is 9.90 Å². The van der Waals surface area contributed by atoms with Gasteiger partial charge in [0.25, 0.3) is 5.91 Å². The summed E-state index contributed by atoms with van der Waals surface area (Å²) >= 11 is 0. The van der Waals surface area contributed by atoms with Gasteiger partial charge in [-0.1, -0.05) is 6.07 Å². The van der Waals surface area contributed by atoms with Crippen molar-refractivity contribution in [3.8, 4) is 5.75 Å². The summed E-state index contributed by atoms with van der Waals surface area (Å²) in [4.78, 5) is 20.9. The highest BCUT2D eigenvalue weighted by molar-refractivity contribution is 5.97. The smallest absolute Gasteiger partial charge is 0.257 e. The Bertz CT molecular complexity index is 723. The number of amides is 1. The van der Waals surface area contributed by atoms with Crippen LogP contribution in [0.4, 0.5) is 0 Å². The van der Waals surface area contributed by atoms with E-state index in [1.807, 2.05) is 36.9 Å². The molecule has 0 spiro atoms. The number of phenolic OH excluding ortho intramolecular Hbond substituents is 1. The molecule has 1 saturated heterocycles. The van der Waals surface area contributed by atoms with Gasteiger partial charge in [0.05, 0.1) is 5.56 Å². The highest BCUT2D eigenvalue weighted by atomic mass is 16.3. The molecule has 24 heavy (non-hydrogen) atoms. The highest BCUT2D eigenvalue weighted by Crippen LogP contribution is 2.26. The van der Waals surface area contributed by atoms with Gasteiger partial charge in [0.2, 0.25) is 0 Å². The van der Waals surface area contributed by atoms with E-state index < -0.39 is 0 Å². The van der Waals surface area contributed by atoms with Crippen molar-refractivity contribution in [1.82, 2.24) is 14.8 Å². The van der Waals surface area contributed by atoms with Crippen LogP contribution in [0.15, 0.2) is 36.7 Å². The van der Waals surface area contributed by atoms with Crippen molar-refractivity contribution >= 4 is 5.91 Å². The Morgan fingerprint density at radius 2 is 1.75 bits per heavy atom. The number of aromatic nitrogens is 1. The zero-order valence-electron chi connectivity index (χ0n) is 14.2. The quantitative estimate of drug-likeness (QED) is 0.941. The molecule has 0 atom stereocenters. The van der Waals surface area contributed by atoms with Crippen molar-refractivity contribution in [2.45, 2.75) is 20.4 Å². The average Bonchev–Trinajstić information content (AvgIpc) is 2.61. The number of rotatable bonds is 3. The van der Waals surface area contributed by atoms with Gasteiger partial charge < -0.3 is 10.0 Å². The second kappa shape index (κ2) is 7.01. The summed E-state index contributed by atoms with van der Waals surface area (Å²) in [5.74, 6) is 0.0263. The molecule has 1 N–H and O–H groups in total. The zero-order chi connectivity index (χ0) is 17.1. The predicted molar refractivity (Wildman–Crippen MR) is 93.0 cm³/mol. The summed E-state index contributed by atoms with van der Waals surface area (Å²) in [7, 11) is 0. The van der Waals surface area contributed by atoms with Gasteiger partial charge in [0, 0.05) is 45.1 Å². The van der Waals surface area contributed by atoms with Crippen LogP contribution in [0.3, 0.4) is 0 Å². The molecule has 2 heterocycles. The normalized spacial score (nSPS) is 15.5. The van der Waals surface area contributed by atoms with Crippen molar-refractivity contribution in [2.24, 2.45) is 0 Å². The van der Waals surface area contributed by atoms with E-state index >= 15 is 0 Å². The number of pyridine rings is 1. The topological polar surface area (TPSA) is 56.7 Å². The molecule has 0 unspecified atom stereocenters. The summed E-state index contributed by atoms with van der Waals surface area (Å²) in [5, 5.41) is 10.3. The van der Waals surface area contributed by atoms with E-state index in [1.165, 1.54) is 5.56 Å². The van der Waals surface area contributed by atoms with Gasteiger partial charge in [-0.15, -0.1) is 0 Å². The Kier molecular flexibility index (Phi) is 4.81. The third-order valence-electron chi connectivity index (χ3n) is 4.75. The second-order valence-electron chi connectivity index (χ2n) is 6.33. The maximum atomic E-state index is 12.7. The van der Waals surface area contributed by atoms with Crippen LogP contribution in [0, 0.1) is 13.8 Å². The molecular formula is C19H23N3O2. The molecule has 0 aliphatic carbocycles. The van der Waals surface area contributed by atoms with E-state index in [0.717, 1.165) is 30.8 Å². The number of aromatic hydroxyl groups is 1. The van der Waals surface area contributed by atoms with Gasteiger partial charge in [-0.3, -0.25) is 14.7 Å². The molecule has 1 aromatic heterocycles. The van der Waals surface area contributed by atoms with Crippen molar-refractivity contribution < 1.29 is 9.90 Å². The standard InChI is InChI=1S/C19H23N3O2/c1-14-3-4-17(18(23)15(14)2)19(24)22-11-9-21(10-12-22)13-16-5-7-20-8-6-16/h3-8,23H,9-13H2,1-2H3. The van der Waals surface area contributed by atoms with Gasteiger partial charge in [-0.2, -0.15) is 0 Å². The highest BCUT2D eigenvalue weighted by Gasteiger charge is 2.24.